The predicted octanol–water partition coefficient (Wildman–Crippen LogP) is 4.46. The van der Waals surface area contributed by atoms with E-state index in [-0.39, 0.29) is 12.1 Å². The van der Waals surface area contributed by atoms with E-state index < -0.39 is 5.91 Å². The zero-order valence-electron chi connectivity index (χ0n) is 12.0. The van der Waals surface area contributed by atoms with Crippen molar-refractivity contribution in [3.05, 3.63) is 64.4 Å². The number of benzene rings is 1. The Morgan fingerprint density at radius 2 is 2.00 bits per heavy atom. The number of hydrogen-bond acceptors (Lipinski definition) is 3. The smallest absolute Gasteiger partial charge is 0.262 e. The van der Waals surface area contributed by atoms with Crippen molar-refractivity contribution in [1.29, 1.82) is 5.26 Å². The molecule has 0 unspecified atom stereocenters. The van der Waals surface area contributed by atoms with Gasteiger partial charge >= 0.3 is 0 Å². The normalized spacial score (nSPS) is 10.9. The number of nitrogens with zero attached hydrogens (tertiary/aromatic N) is 1. The van der Waals surface area contributed by atoms with E-state index >= 15 is 0 Å². The summed E-state index contributed by atoms with van der Waals surface area (Å²) < 4.78 is 5.62. The largest absolute Gasteiger partial charge is 0.457 e. The Morgan fingerprint density at radius 1 is 1.30 bits per heavy atom. The molecule has 0 saturated heterocycles. The average molecular weight is 347 g/mol. The highest BCUT2D eigenvalue weighted by Crippen LogP contribution is 2.35. The first-order valence-corrected chi connectivity index (χ1v) is 7.37. The maximum absolute atomic E-state index is 11.8. The minimum atomic E-state index is -0.499. The predicted molar refractivity (Wildman–Crippen MR) is 91.0 cm³/mol. The van der Waals surface area contributed by atoms with Crippen molar-refractivity contribution in [2.24, 2.45) is 0 Å². The molecular weight excluding hydrogens is 335 g/mol. The highest BCUT2D eigenvalue weighted by Gasteiger charge is 2.13. The molecule has 6 heteroatoms. The molecule has 0 aliphatic heterocycles. The van der Waals surface area contributed by atoms with E-state index in [2.05, 4.69) is 11.9 Å². The highest BCUT2D eigenvalue weighted by atomic mass is 35.5. The fraction of sp³-hybridized carbons (Fsp3) is 0.0588. The van der Waals surface area contributed by atoms with Gasteiger partial charge in [-0.3, -0.25) is 4.79 Å². The second kappa shape index (κ2) is 7.68. The van der Waals surface area contributed by atoms with Crippen LogP contribution in [0.25, 0.3) is 17.4 Å². The molecule has 0 radical (unpaired) electrons. The van der Waals surface area contributed by atoms with Gasteiger partial charge in [0.05, 0.1) is 15.6 Å². The monoisotopic (exact) mass is 346 g/mol. The molecule has 0 bridgehead atoms. The first kappa shape index (κ1) is 16.9. The molecule has 1 aromatic heterocycles. The number of nitrogens with one attached hydrogen (secondary N) is 1. The number of nitriles is 1. The van der Waals surface area contributed by atoms with Crippen molar-refractivity contribution in [2.75, 3.05) is 6.54 Å². The molecular formula is C17H12Cl2N2O2. The number of carbonyl (C=O) groups is 1. The number of furan rings is 1. The van der Waals surface area contributed by atoms with Gasteiger partial charge in [0, 0.05) is 12.6 Å². The molecule has 0 spiro atoms. The van der Waals surface area contributed by atoms with Crippen LogP contribution in [-0.4, -0.2) is 12.5 Å². The molecule has 2 aromatic rings. The van der Waals surface area contributed by atoms with E-state index in [1.165, 1.54) is 12.2 Å². The van der Waals surface area contributed by atoms with Crippen molar-refractivity contribution < 1.29 is 9.21 Å². The van der Waals surface area contributed by atoms with E-state index in [1.54, 1.807) is 30.3 Å². The summed E-state index contributed by atoms with van der Waals surface area (Å²) >= 11 is 12.3. The minimum Gasteiger partial charge on any atom is -0.457 e. The van der Waals surface area contributed by atoms with E-state index in [0.29, 0.717) is 27.1 Å². The lowest BCUT2D eigenvalue weighted by atomic mass is 10.2. The van der Waals surface area contributed by atoms with E-state index in [4.69, 9.17) is 32.9 Å². The van der Waals surface area contributed by atoms with E-state index in [0.717, 1.165) is 0 Å². The Labute approximate surface area is 143 Å². The molecule has 0 fully saturated rings. The van der Waals surface area contributed by atoms with Crippen LogP contribution in [0.15, 0.2) is 53.0 Å². The molecule has 2 rings (SSSR count). The number of carbonyl (C=O) groups excluding carboxylic acids is 1. The fourth-order valence-electron chi connectivity index (χ4n) is 1.85. The summed E-state index contributed by atoms with van der Waals surface area (Å²) in [6.45, 7) is 3.77. The Balaban J connectivity index is 2.32. The molecule has 1 aromatic carbocycles. The summed E-state index contributed by atoms with van der Waals surface area (Å²) in [5.74, 6) is 0.304. The maximum Gasteiger partial charge on any atom is 0.262 e. The van der Waals surface area contributed by atoms with Crippen LogP contribution in [0.3, 0.4) is 0 Å². The molecule has 1 N–H and O–H groups in total. The highest BCUT2D eigenvalue weighted by molar-refractivity contribution is 6.39. The van der Waals surface area contributed by atoms with Gasteiger partial charge in [-0.15, -0.1) is 6.58 Å². The van der Waals surface area contributed by atoms with Crippen molar-refractivity contribution in [3.63, 3.8) is 0 Å². The number of halogens is 2. The van der Waals surface area contributed by atoms with Crippen LogP contribution < -0.4 is 5.32 Å². The first-order chi connectivity index (χ1) is 11.1. The third-order valence-corrected chi connectivity index (χ3v) is 3.52. The number of amides is 1. The van der Waals surface area contributed by atoms with Gasteiger partial charge in [0.25, 0.3) is 5.91 Å². The molecule has 0 aliphatic rings. The summed E-state index contributed by atoms with van der Waals surface area (Å²) in [4.78, 5) is 11.8. The summed E-state index contributed by atoms with van der Waals surface area (Å²) in [7, 11) is 0. The quantitative estimate of drug-likeness (QED) is 0.493. The van der Waals surface area contributed by atoms with Gasteiger partial charge < -0.3 is 9.73 Å². The lowest BCUT2D eigenvalue weighted by Crippen LogP contribution is -2.24. The summed E-state index contributed by atoms with van der Waals surface area (Å²) in [5, 5.41) is 12.5. The molecule has 1 amide bonds. The van der Waals surface area contributed by atoms with Crippen LogP contribution in [-0.2, 0) is 4.79 Å². The number of rotatable bonds is 5. The molecule has 4 nitrogen and oxygen atoms in total. The lowest BCUT2D eigenvalue weighted by Gasteiger charge is -2.03. The van der Waals surface area contributed by atoms with Crippen molar-refractivity contribution in [3.8, 4) is 17.4 Å². The zero-order valence-corrected chi connectivity index (χ0v) is 13.5. The number of hydrogen-bond donors (Lipinski definition) is 1. The first-order valence-electron chi connectivity index (χ1n) is 6.62. The van der Waals surface area contributed by atoms with Gasteiger partial charge in [-0.1, -0.05) is 35.3 Å². The standard InChI is InChI=1S/C17H12Cl2N2O2/c1-2-8-21-17(22)11(10-20)9-12-6-7-15(23-12)16-13(18)4-3-5-14(16)19/h2-7,9H,1,8H2,(H,21,22). The molecule has 116 valence electrons. The topological polar surface area (TPSA) is 66.0 Å². The Bertz CT molecular complexity index is 796. The van der Waals surface area contributed by atoms with Crippen LogP contribution in [0.4, 0.5) is 0 Å². The van der Waals surface area contributed by atoms with Crippen LogP contribution in [0.1, 0.15) is 5.76 Å². The second-order valence-electron chi connectivity index (χ2n) is 4.47. The lowest BCUT2D eigenvalue weighted by molar-refractivity contribution is -0.116. The van der Waals surface area contributed by atoms with Gasteiger partial charge in [-0.25, -0.2) is 0 Å². The van der Waals surface area contributed by atoms with Gasteiger partial charge in [-0.2, -0.15) is 5.26 Å². The average Bonchev–Trinajstić information content (AvgIpc) is 2.98. The fourth-order valence-corrected chi connectivity index (χ4v) is 2.43. The van der Waals surface area contributed by atoms with Crippen molar-refractivity contribution in [2.45, 2.75) is 0 Å². The van der Waals surface area contributed by atoms with Gasteiger partial charge in [0.1, 0.15) is 23.2 Å². The molecule has 0 aliphatic carbocycles. The molecule has 23 heavy (non-hydrogen) atoms. The van der Waals surface area contributed by atoms with Crippen LogP contribution >= 0.6 is 23.2 Å². The Hall–Kier alpha value is -2.48. The third kappa shape index (κ3) is 4.04. The van der Waals surface area contributed by atoms with Crippen molar-refractivity contribution in [1.82, 2.24) is 5.32 Å². The third-order valence-electron chi connectivity index (χ3n) is 2.89. The molecule has 0 saturated carbocycles. The van der Waals surface area contributed by atoms with Crippen LogP contribution in [0.5, 0.6) is 0 Å². The van der Waals surface area contributed by atoms with Crippen LogP contribution in [0.2, 0.25) is 10.0 Å². The summed E-state index contributed by atoms with van der Waals surface area (Å²) in [5.41, 5.74) is 0.489. The summed E-state index contributed by atoms with van der Waals surface area (Å²) in [6, 6.07) is 10.3. The van der Waals surface area contributed by atoms with Gasteiger partial charge in [0.15, 0.2) is 0 Å². The van der Waals surface area contributed by atoms with Crippen LogP contribution in [0, 0.1) is 11.3 Å². The summed E-state index contributed by atoms with van der Waals surface area (Å²) in [6.07, 6.45) is 2.88. The second-order valence-corrected chi connectivity index (χ2v) is 5.28. The molecule has 1 heterocycles. The Kier molecular flexibility index (Phi) is 5.64. The van der Waals surface area contributed by atoms with E-state index in [1.807, 2.05) is 6.07 Å². The molecule has 0 atom stereocenters. The van der Waals surface area contributed by atoms with Gasteiger partial charge in [0.2, 0.25) is 0 Å². The van der Waals surface area contributed by atoms with E-state index in [9.17, 15) is 4.79 Å². The maximum atomic E-state index is 11.8. The minimum absolute atomic E-state index is 0.0713. The van der Waals surface area contributed by atoms with Gasteiger partial charge in [-0.05, 0) is 24.3 Å². The zero-order chi connectivity index (χ0) is 16.8. The Morgan fingerprint density at radius 3 is 2.61 bits per heavy atom. The SMILES string of the molecule is C=CCNC(=O)C(C#N)=Cc1ccc(-c2c(Cl)cccc2Cl)o1. The van der Waals surface area contributed by atoms with Crippen molar-refractivity contribution >= 4 is 35.2 Å².